The molecule has 2 aromatic heterocycles. The number of para-hydroxylation sites is 1. The van der Waals surface area contributed by atoms with Gasteiger partial charge in [-0.25, -0.2) is 9.98 Å². The van der Waals surface area contributed by atoms with Gasteiger partial charge in [0.05, 0.1) is 39.0 Å². The maximum Gasteiger partial charge on any atom is 0.202 e. The van der Waals surface area contributed by atoms with E-state index in [2.05, 4.69) is 20.3 Å². The molecule has 2 N–H and O–H groups in total. The van der Waals surface area contributed by atoms with E-state index < -0.39 is 6.04 Å². The quantitative estimate of drug-likeness (QED) is 0.270. The van der Waals surface area contributed by atoms with Crippen molar-refractivity contribution in [3.63, 3.8) is 0 Å². The first-order valence-electron chi connectivity index (χ1n) is 10.6. The highest BCUT2D eigenvalue weighted by Crippen LogP contribution is 2.36. The number of nitrogens with one attached hydrogen (secondary N) is 2. The molecule has 172 valence electrons. The Hall–Kier alpha value is -3.72. The SMILES string of the molecule is O=c1c(C2C(Nc3cc(Cl)ccc3Cl)=NC(=S)N2c2ccc3nc[nH]c3c2)coc2ccccc12. The molecule has 0 aliphatic carbocycles. The van der Waals surface area contributed by atoms with Gasteiger partial charge in [-0.1, -0.05) is 35.3 Å². The lowest BCUT2D eigenvalue weighted by atomic mass is 10.0. The number of aromatic amines is 1. The molecule has 1 atom stereocenters. The van der Waals surface area contributed by atoms with E-state index in [-0.39, 0.29) is 10.5 Å². The predicted octanol–water partition coefficient (Wildman–Crippen LogP) is 6.33. The zero-order chi connectivity index (χ0) is 24.1. The minimum atomic E-state index is -0.696. The molecule has 0 spiro atoms. The third-order valence-corrected chi connectivity index (χ3v) is 6.67. The minimum absolute atomic E-state index is 0.180. The number of benzene rings is 3. The van der Waals surface area contributed by atoms with E-state index >= 15 is 0 Å². The first kappa shape index (κ1) is 21.8. The summed E-state index contributed by atoms with van der Waals surface area (Å²) in [5, 5.41) is 4.93. The average Bonchev–Trinajstić information content (AvgIpc) is 3.45. The summed E-state index contributed by atoms with van der Waals surface area (Å²) in [7, 11) is 0. The molecule has 3 heterocycles. The fraction of sp³-hybridized carbons (Fsp3) is 0.0400. The number of hydrogen-bond acceptors (Lipinski definition) is 5. The van der Waals surface area contributed by atoms with Gasteiger partial charge in [0, 0.05) is 10.7 Å². The number of thiocarbonyl (C=S) groups is 1. The van der Waals surface area contributed by atoms with Crippen LogP contribution in [0.3, 0.4) is 0 Å². The number of amidine groups is 1. The maximum absolute atomic E-state index is 13.6. The Morgan fingerprint density at radius 1 is 1.09 bits per heavy atom. The van der Waals surface area contributed by atoms with Crippen molar-refractivity contribution in [3.8, 4) is 0 Å². The number of anilines is 2. The van der Waals surface area contributed by atoms with Gasteiger partial charge in [-0.3, -0.25) is 4.79 Å². The first-order chi connectivity index (χ1) is 17.0. The molecule has 1 unspecified atom stereocenters. The van der Waals surface area contributed by atoms with E-state index in [1.807, 2.05) is 24.3 Å². The molecule has 0 fully saturated rings. The number of nitrogens with zero attached hydrogens (tertiary/aromatic N) is 3. The summed E-state index contributed by atoms with van der Waals surface area (Å²) in [6.45, 7) is 0. The van der Waals surface area contributed by atoms with Crippen LogP contribution in [0.5, 0.6) is 0 Å². The Morgan fingerprint density at radius 2 is 1.94 bits per heavy atom. The number of fused-ring (bicyclic) bond motifs is 2. The van der Waals surface area contributed by atoms with Gasteiger partial charge in [0.25, 0.3) is 0 Å². The Balaban J connectivity index is 1.53. The number of hydrogen-bond donors (Lipinski definition) is 2. The number of aromatic nitrogens is 2. The van der Waals surface area contributed by atoms with Crippen molar-refractivity contribution in [2.24, 2.45) is 4.99 Å². The summed E-state index contributed by atoms with van der Waals surface area (Å²) >= 11 is 18.3. The van der Waals surface area contributed by atoms with Crippen molar-refractivity contribution in [1.29, 1.82) is 0 Å². The lowest BCUT2D eigenvalue weighted by Crippen LogP contribution is -2.36. The second-order valence-corrected chi connectivity index (χ2v) is 9.13. The van der Waals surface area contributed by atoms with Gasteiger partial charge in [-0.2, -0.15) is 0 Å². The van der Waals surface area contributed by atoms with Crippen LogP contribution in [0.25, 0.3) is 22.0 Å². The third-order valence-electron chi connectivity index (χ3n) is 5.81. The molecule has 6 rings (SSSR count). The van der Waals surface area contributed by atoms with E-state index in [0.29, 0.717) is 38.1 Å². The van der Waals surface area contributed by atoms with E-state index in [4.69, 9.17) is 39.8 Å². The van der Waals surface area contributed by atoms with Crippen LogP contribution < -0.4 is 15.6 Å². The zero-order valence-electron chi connectivity index (χ0n) is 17.8. The average molecular weight is 520 g/mol. The van der Waals surface area contributed by atoms with Gasteiger partial charge in [0.1, 0.15) is 23.7 Å². The van der Waals surface area contributed by atoms with Gasteiger partial charge in [-0.15, -0.1) is 0 Å². The van der Waals surface area contributed by atoms with E-state index in [1.165, 1.54) is 6.26 Å². The molecule has 10 heteroatoms. The van der Waals surface area contributed by atoms with Crippen molar-refractivity contribution < 1.29 is 4.42 Å². The molecular weight excluding hydrogens is 505 g/mol. The van der Waals surface area contributed by atoms with Crippen molar-refractivity contribution in [3.05, 3.63) is 99.1 Å². The largest absolute Gasteiger partial charge is 0.464 e. The number of H-pyrrole nitrogens is 1. The summed E-state index contributed by atoms with van der Waals surface area (Å²) < 4.78 is 5.84. The van der Waals surface area contributed by atoms with E-state index in [0.717, 1.165) is 16.7 Å². The van der Waals surface area contributed by atoms with Crippen LogP contribution in [-0.2, 0) is 0 Å². The molecule has 0 radical (unpaired) electrons. The van der Waals surface area contributed by atoms with Crippen LogP contribution in [0, 0.1) is 0 Å². The molecule has 0 saturated heterocycles. The monoisotopic (exact) mass is 519 g/mol. The van der Waals surface area contributed by atoms with Gasteiger partial charge < -0.3 is 19.6 Å². The van der Waals surface area contributed by atoms with Gasteiger partial charge in [0.15, 0.2) is 5.43 Å². The maximum atomic E-state index is 13.6. The second-order valence-electron chi connectivity index (χ2n) is 7.92. The first-order valence-corrected chi connectivity index (χ1v) is 11.7. The highest BCUT2D eigenvalue weighted by Gasteiger charge is 2.38. The highest BCUT2D eigenvalue weighted by molar-refractivity contribution is 7.80. The zero-order valence-corrected chi connectivity index (χ0v) is 20.2. The van der Waals surface area contributed by atoms with Gasteiger partial charge in [-0.05, 0) is 60.7 Å². The van der Waals surface area contributed by atoms with Crippen molar-refractivity contribution >= 4 is 79.7 Å². The molecule has 1 aliphatic heterocycles. The number of rotatable bonds is 3. The number of halogens is 2. The van der Waals surface area contributed by atoms with Gasteiger partial charge >= 0.3 is 0 Å². The summed E-state index contributed by atoms with van der Waals surface area (Å²) in [6.07, 6.45) is 3.08. The summed E-state index contributed by atoms with van der Waals surface area (Å²) in [5.74, 6) is 0.423. The minimum Gasteiger partial charge on any atom is -0.464 e. The molecule has 0 amide bonds. The van der Waals surface area contributed by atoms with E-state index in [1.54, 1.807) is 47.6 Å². The number of aliphatic imine (C=N–C) groups is 1. The molecule has 35 heavy (non-hydrogen) atoms. The van der Waals surface area contributed by atoms with Crippen LogP contribution in [0.1, 0.15) is 11.6 Å². The topological polar surface area (TPSA) is 86.5 Å². The van der Waals surface area contributed by atoms with Crippen LogP contribution in [0.15, 0.2) is 87.5 Å². The standard InChI is InChI=1S/C25H15Cl2N5O2S/c26-13-5-7-17(27)19(9-13)30-24-22(16-11-34-21-4-2-1-3-15(21)23(16)33)32(25(35)31-24)14-6-8-18-20(10-14)29-12-28-18/h1-12,22H,(H,28,29)(H,30,31,35). The third kappa shape index (κ3) is 3.76. The Morgan fingerprint density at radius 3 is 2.83 bits per heavy atom. The smallest absolute Gasteiger partial charge is 0.202 e. The van der Waals surface area contributed by atoms with Gasteiger partial charge in [0.2, 0.25) is 5.11 Å². The van der Waals surface area contributed by atoms with Crippen LogP contribution in [0.2, 0.25) is 10.0 Å². The van der Waals surface area contributed by atoms with Crippen LogP contribution in [-0.4, -0.2) is 20.9 Å². The Bertz CT molecular complexity index is 1730. The number of imidazole rings is 1. The Kier molecular flexibility index (Phi) is 5.29. The summed E-state index contributed by atoms with van der Waals surface area (Å²) in [4.78, 5) is 27.4. The second kappa shape index (κ2) is 8.49. The van der Waals surface area contributed by atoms with Crippen LogP contribution >= 0.6 is 35.4 Å². The van der Waals surface area contributed by atoms with Crippen molar-refractivity contribution in [2.45, 2.75) is 6.04 Å². The van der Waals surface area contributed by atoms with Crippen LogP contribution in [0.4, 0.5) is 11.4 Å². The molecule has 7 nitrogen and oxygen atoms in total. The lowest BCUT2D eigenvalue weighted by molar-refractivity contribution is 0.590. The lowest BCUT2D eigenvalue weighted by Gasteiger charge is -2.27. The molecular formula is C25H15Cl2N5O2S. The molecule has 5 aromatic rings. The van der Waals surface area contributed by atoms with E-state index in [9.17, 15) is 4.79 Å². The van der Waals surface area contributed by atoms with Crippen molar-refractivity contribution in [1.82, 2.24) is 9.97 Å². The molecule has 1 aliphatic rings. The highest BCUT2D eigenvalue weighted by atomic mass is 35.5. The Labute approximate surface area is 214 Å². The predicted molar refractivity (Wildman–Crippen MR) is 144 cm³/mol. The fourth-order valence-corrected chi connectivity index (χ4v) is 4.83. The van der Waals surface area contributed by atoms with Crippen molar-refractivity contribution in [2.75, 3.05) is 10.2 Å². The molecule has 3 aromatic carbocycles. The summed E-state index contributed by atoms with van der Waals surface area (Å²) in [5.41, 5.74) is 3.61. The summed E-state index contributed by atoms with van der Waals surface area (Å²) in [6, 6.07) is 17.1. The fourth-order valence-electron chi connectivity index (χ4n) is 4.18. The molecule has 0 bridgehead atoms. The molecule has 0 saturated carbocycles. The normalized spacial score (nSPS) is 15.7.